The molecule has 3 rings (SSSR count). The highest BCUT2D eigenvalue weighted by molar-refractivity contribution is 5.87. The summed E-state index contributed by atoms with van der Waals surface area (Å²) in [6.45, 7) is 1.96. The second-order valence-electron chi connectivity index (χ2n) is 5.08. The number of hydrazine groups is 1. The van der Waals surface area contributed by atoms with Crippen molar-refractivity contribution in [2.45, 2.75) is 31.7 Å². The van der Waals surface area contributed by atoms with Gasteiger partial charge in [0, 0.05) is 25.2 Å². The Labute approximate surface area is 107 Å². The lowest BCUT2D eigenvalue weighted by Crippen LogP contribution is -2.50. The molecular formula is C14H19N3O. The van der Waals surface area contributed by atoms with E-state index in [-0.39, 0.29) is 11.9 Å². The van der Waals surface area contributed by atoms with Gasteiger partial charge in [0.2, 0.25) is 0 Å². The first-order valence-corrected chi connectivity index (χ1v) is 6.73. The van der Waals surface area contributed by atoms with Gasteiger partial charge in [-0.2, -0.15) is 0 Å². The number of rotatable bonds is 2. The van der Waals surface area contributed by atoms with E-state index >= 15 is 0 Å². The smallest absolute Gasteiger partial charge is 0.257 e. The molecule has 2 N–H and O–H groups in total. The van der Waals surface area contributed by atoms with Gasteiger partial charge in [-0.25, -0.2) is 5.01 Å². The molecule has 1 aromatic carbocycles. The number of carbonyl (C=O) groups is 1. The van der Waals surface area contributed by atoms with E-state index in [2.05, 4.69) is 21.8 Å². The Balaban J connectivity index is 1.58. The summed E-state index contributed by atoms with van der Waals surface area (Å²) in [5.41, 5.74) is 5.35. The van der Waals surface area contributed by atoms with E-state index in [1.807, 2.05) is 18.2 Å². The Morgan fingerprint density at radius 2 is 2.00 bits per heavy atom. The second-order valence-corrected chi connectivity index (χ2v) is 5.08. The Morgan fingerprint density at radius 3 is 2.78 bits per heavy atom. The number of para-hydroxylation sites is 1. The fraction of sp³-hybridized carbons (Fsp3) is 0.500. The van der Waals surface area contributed by atoms with Gasteiger partial charge in [0.25, 0.3) is 5.91 Å². The van der Waals surface area contributed by atoms with Crippen molar-refractivity contribution >= 4 is 11.6 Å². The molecular weight excluding hydrogens is 226 g/mol. The zero-order chi connectivity index (χ0) is 12.4. The Bertz CT molecular complexity index is 415. The topological polar surface area (TPSA) is 44.4 Å². The van der Waals surface area contributed by atoms with Crippen molar-refractivity contribution in [1.82, 2.24) is 10.4 Å². The second kappa shape index (κ2) is 4.98. The van der Waals surface area contributed by atoms with Crippen LogP contribution in [-0.2, 0) is 11.2 Å². The zero-order valence-electron chi connectivity index (χ0n) is 10.5. The predicted octanol–water partition coefficient (Wildman–Crippen LogP) is 1.54. The van der Waals surface area contributed by atoms with Crippen LogP contribution in [0.5, 0.6) is 0 Å². The molecule has 2 aliphatic heterocycles. The molecule has 1 amide bonds. The number of hydrogen-bond acceptors (Lipinski definition) is 3. The molecule has 1 fully saturated rings. The van der Waals surface area contributed by atoms with E-state index in [9.17, 15) is 4.79 Å². The quantitative estimate of drug-likeness (QED) is 0.830. The third-order valence-electron chi connectivity index (χ3n) is 3.71. The van der Waals surface area contributed by atoms with Crippen molar-refractivity contribution in [3.63, 3.8) is 0 Å². The predicted molar refractivity (Wildman–Crippen MR) is 71.1 cm³/mol. The van der Waals surface area contributed by atoms with Crippen molar-refractivity contribution < 1.29 is 4.79 Å². The molecule has 2 heterocycles. The van der Waals surface area contributed by atoms with Crippen LogP contribution in [0.3, 0.4) is 0 Å². The molecule has 1 saturated heterocycles. The van der Waals surface area contributed by atoms with Crippen LogP contribution in [0.4, 0.5) is 5.69 Å². The third kappa shape index (κ3) is 2.34. The van der Waals surface area contributed by atoms with Gasteiger partial charge in [0.05, 0.1) is 0 Å². The summed E-state index contributed by atoms with van der Waals surface area (Å²) in [5, 5.41) is 5.34. The van der Waals surface area contributed by atoms with Gasteiger partial charge in [-0.3, -0.25) is 10.2 Å². The number of benzene rings is 1. The highest BCUT2D eigenvalue weighted by atomic mass is 16.2. The monoisotopic (exact) mass is 245 g/mol. The fourth-order valence-corrected chi connectivity index (χ4v) is 2.70. The van der Waals surface area contributed by atoms with E-state index in [1.165, 1.54) is 24.8 Å². The third-order valence-corrected chi connectivity index (χ3v) is 3.71. The molecule has 0 saturated carbocycles. The van der Waals surface area contributed by atoms with Crippen LogP contribution in [0, 0.1) is 0 Å². The Hall–Kier alpha value is -1.55. The number of fused-ring (bicyclic) bond motifs is 1. The maximum absolute atomic E-state index is 12.2. The number of carbonyl (C=O) groups excluding carboxylic acids is 1. The van der Waals surface area contributed by atoms with Gasteiger partial charge in [0.1, 0.15) is 6.04 Å². The highest BCUT2D eigenvalue weighted by Crippen LogP contribution is 2.25. The van der Waals surface area contributed by atoms with Gasteiger partial charge in [0.15, 0.2) is 0 Å². The largest absolute Gasteiger partial charge is 0.373 e. The number of anilines is 1. The van der Waals surface area contributed by atoms with E-state index < -0.39 is 0 Å². The molecule has 0 unspecified atom stereocenters. The van der Waals surface area contributed by atoms with Crippen LogP contribution in [0.25, 0.3) is 0 Å². The number of nitrogens with one attached hydrogen (secondary N) is 2. The van der Waals surface area contributed by atoms with Gasteiger partial charge < -0.3 is 5.32 Å². The standard InChI is InChI=1S/C14H19N3O/c18-14(16-17-8-4-1-5-9-17)13-10-11-6-2-3-7-12(11)15-13/h2-3,6-7,13,15H,1,4-5,8-10H2,(H,16,18)/t13-/m0/s1. The maximum Gasteiger partial charge on any atom is 0.257 e. The highest BCUT2D eigenvalue weighted by Gasteiger charge is 2.27. The summed E-state index contributed by atoms with van der Waals surface area (Å²) in [6.07, 6.45) is 4.42. The number of amides is 1. The minimum Gasteiger partial charge on any atom is -0.373 e. The van der Waals surface area contributed by atoms with Crippen LogP contribution in [-0.4, -0.2) is 30.0 Å². The van der Waals surface area contributed by atoms with E-state index in [0.717, 1.165) is 25.2 Å². The summed E-state index contributed by atoms with van der Waals surface area (Å²) in [5.74, 6) is 0.0908. The van der Waals surface area contributed by atoms with Crippen molar-refractivity contribution in [2.24, 2.45) is 0 Å². The zero-order valence-corrected chi connectivity index (χ0v) is 10.5. The van der Waals surface area contributed by atoms with Crippen molar-refractivity contribution in [1.29, 1.82) is 0 Å². The van der Waals surface area contributed by atoms with Crippen LogP contribution in [0.2, 0.25) is 0 Å². The minimum atomic E-state index is -0.121. The fourth-order valence-electron chi connectivity index (χ4n) is 2.70. The number of piperidine rings is 1. The van der Waals surface area contributed by atoms with E-state index in [4.69, 9.17) is 0 Å². The van der Waals surface area contributed by atoms with Crippen molar-refractivity contribution in [3.05, 3.63) is 29.8 Å². The molecule has 4 heteroatoms. The molecule has 0 aliphatic carbocycles. The SMILES string of the molecule is O=C(NN1CCCCC1)[C@@H]1Cc2ccccc2N1. The lowest BCUT2D eigenvalue weighted by Gasteiger charge is -2.28. The van der Waals surface area contributed by atoms with Gasteiger partial charge in [-0.1, -0.05) is 24.6 Å². The maximum atomic E-state index is 12.2. The molecule has 2 aliphatic rings. The van der Waals surface area contributed by atoms with Crippen molar-refractivity contribution in [3.8, 4) is 0 Å². The van der Waals surface area contributed by atoms with Gasteiger partial charge in [-0.15, -0.1) is 0 Å². The average molecular weight is 245 g/mol. The number of nitrogens with zero attached hydrogens (tertiary/aromatic N) is 1. The molecule has 18 heavy (non-hydrogen) atoms. The first kappa shape index (κ1) is 11.5. The summed E-state index contributed by atoms with van der Waals surface area (Å²) in [6, 6.07) is 8.01. The van der Waals surface area contributed by atoms with Crippen LogP contribution >= 0.6 is 0 Å². The molecule has 1 aromatic rings. The molecule has 4 nitrogen and oxygen atoms in total. The average Bonchev–Trinajstić information content (AvgIpc) is 2.84. The summed E-state index contributed by atoms with van der Waals surface area (Å²) in [4.78, 5) is 12.2. The van der Waals surface area contributed by atoms with Crippen LogP contribution in [0.15, 0.2) is 24.3 Å². The van der Waals surface area contributed by atoms with Gasteiger partial charge >= 0.3 is 0 Å². The molecule has 1 atom stereocenters. The van der Waals surface area contributed by atoms with E-state index in [1.54, 1.807) is 0 Å². The lowest BCUT2D eigenvalue weighted by molar-refractivity contribution is -0.127. The van der Waals surface area contributed by atoms with E-state index in [0.29, 0.717) is 0 Å². The normalized spacial score (nSPS) is 23.2. The summed E-state index contributed by atoms with van der Waals surface area (Å²) < 4.78 is 0. The first-order valence-electron chi connectivity index (χ1n) is 6.73. The molecule has 0 spiro atoms. The van der Waals surface area contributed by atoms with Crippen LogP contribution in [0.1, 0.15) is 24.8 Å². The molecule has 0 aromatic heterocycles. The Kier molecular flexibility index (Phi) is 3.19. The minimum absolute atomic E-state index is 0.0908. The Morgan fingerprint density at radius 1 is 1.22 bits per heavy atom. The number of hydrogen-bond donors (Lipinski definition) is 2. The van der Waals surface area contributed by atoms with Gasteiger partial charge in [-0.05, 0) is 24.5 Å². The summed E-state index contributed by atoms with van der Waals surface area (Å²) in [7, 11) is 0. The van der Waals surface area contributed by atoms with Crippen LogP contribution < -0.4 is 10.7 Å². The molecule has 0 radical (unpaired) electrons. The van der Waals surface area contributed by atoms with Crippen molar-refractivity contribution in [2.75, 3.05) is 18.4 Å². The molecule has 96 valence electrons. The lowest BCUT2D eigenvalue weighted by atomic mass is 10.1. The summed E-state index contributed by atoms with van der Waals surface area (Å²) >= 11 is 0. The molecule has 0 bridgehead atoms. The first-order chi connectivity index (χ1) is 8.83.